The van der Waals surface area contributed by atoms with Crippen LogP contribution >= 0.6 is 0 Å². The van der Waals surface area contributed by atoms with Gasteiger partial charge in [-0.3, -0.25) is 4.68 Å². The Hall–Kier alpha value is -0.870. The first kappa shape index (κ1) is 9.68. The maximum atomic E-state index is 10.0. The number of nitrogens with zero attached hydrogens (tertiary/aromatic N) is 2. The van der Waals surface area contributed by atoms with Gasteiger partial charge >= 0.3 is 0 Å². The van der Waals surface area contributed by atoms with Crippen molar-refractivity contribution in [3.63, 3.8) is 0 Å². The maximum Gasteiger partial charge on any atom is 0.103 e. The van der Waals surface area contributed by atoms with E-state index in [0.29, 0.717) is 6.61 Å². The number of rotatable bonds is 2. The van der Waals surface area contributed by atoms with Crippen molar-refractivity contribution in [3.8, 4) is 0 Å². The lowest BCUT2D eigenvalue weighted by Crippen LogP contribution is -2.24. The lowest BCUT2D eigenvalue weighted by molar-refractivity contribution is -0.0117. The van der Waals surface area contributed by atoms with Crippen LogP contribution in [-0.2, 0) is 11.8 Å². The lowest BCUT2D eigenvalue weighted by atomic mass is 9.94. The number of aryl methyl sites for hydroxylation is 1. The second-order valence-electron chi connectivity index (χ2n) is 3.84. The van der Waals surface area contributed by atoms with Gasteiger partial charge in [-0.2, -0.15) is 5.10 Å². The Morgan fingerprint density at radius 2 is 2.57 bits per heavy atom. The highest BCUT2D eigenvalue weighted by atomic mass is 16.5. The Kier molecular flexibility index (Phi) is 2.84. The van der Waals surface area contributed by atoms with E-state index in [1.54, 1.807) is 4.68 Å². The predicted octanol–water partition coefficient (Wildman–Crippen LogP) is 0.880. The molecule has 14 heavy (non-hydrogen) atoms. The molecule has 0 radical (unpaired) electrons. The van der Waals surface area contributed by atoms with Crippen molar-refractivity contribution in [1.29, 1.82) is 0 Å². The minimum Gasteiger partial charge on any atom is -0.386 e. The Morgan fingerprint density at radius 3 is 3.14 bits per heavy atom. The zero-order valence-electron chi connectivity index (χ0n) is 8.39. The minimum atomic E-state index is -0.475. The summed E-state index contributed by atoms with van der Waals surface area (Å²) >= 11 is 0. The first-order chi connectivity index (χ1) is 6.77. The molecule has 1 aromatic heterocycles. The third-order valence-electron chi connectivity index (χ3n) is 2.68. The smallest absolute Gasteiger partial charge is 0.103 e. The van der Waals surface area contributed by atoms with E-state index < -0.39 is 6.10 Å². The average Bonchev–Trinajstić information content (AvgIpc) is 2.65. The molecule has 0 bridgehead atoms. The van der Waals surface area contributed by atoms with Gasteiger partial charge in [-0.15, -0.1) is 0 Å². The molecule has 0 aliphatic carbocycles. The molecule has 0 saturated carbocycles. The SMILES string of the molecule is Cn1ccc(C(O)C2CCCOC2)n1. The van der Waals surface area contributed by atoms with E-state index >= 15 is 0 Å². The molecule has 1 fully saturated rings. The topological polar surface area (TPSA) is 47.3 Å². The molecule has 1 N–H and O–H groups in total. The fourth-order valence-electron chi connectivity index (χ4n) is 1.85. The summed E-state index contributed by atoms with van der Waals surface area (Å²) in [5, 5.41) is 14.2. The zero-order chi connectivity index (χ0) is 9.97. The van der Waals surface area contributed by atoms with E-state index in [9.17, 15) is 5.11 Å². The summed E-state index contributed by atoms with van der Waals surface area (Å²) in [6.07, 6.45) is 3.44. The zero-order valence-corrected chi connectivity index (χ0v) is 8.39. The van der Waals surface area contributed by atoms with Crippen LogP contribution in [-0.4, -0.2) is 28.1 Å². The average molecular weight is 196 g/mol. The fraction of sp³-hybridized carbons (Fsp3) is 0.700. The summed E-state index contributed by atoms with van der Waals surface area (Å²) in [7, 11) is 1.85. The van der Waals surface area contributed by atoms with Crippen molar-refractivity contribution in [2.45, 2.75) is 18.9 Å². The van der Waals surface area contributed by atoms with Gasteiger partial charge in [0.05, 0.1) is 12.3 Å². The standard InChI is InChI=1S/C10H16N2O2/c1-12-5-4-9(11-12)10(13)8-3-2-6-14-7-8/h4-5,8,10,13H,2-3,6-7H2,1H3. The first-order valence-electron chi connectivity index (χ1n) is 5.03. The van der Waals surface area contributed by atoms with Crippen LogP contribution in [0.4, 0.5) is 0 Å². The molecule has 0 amide bonds. The normalized spacial score (nSPS) is 24.9. The molecule has 0 aromatic carbocycles. The molecule has 1 aromatic rings. The number of hydrogen-bond donors (Lipinski definition) is 1. The van der Waals surface area contributed by atoms with E-state index in [1.807, 2.05) is 19.3 Å². The second kappa shape index (κ2) is 4.11. The van der Waals surface area contributed by atoms with Crippen LogP contribution in [0.5, 0.6) is 0 Å². The van der Waals surface area contributed by atoms with Crippen molar-refractivity contribution in [2.75, 3.05) is 13.2 Å². The van der Waals surface area contributed by atoms with E-state index in [-0.39, 0.29) is 5.92 Å². The van der Waals surface area contributed by atoms with Crippen molar-refractivity contribution in [1.82, 2.24) is 9.78 Å². The summed E-state index contributed by atoms with van der Waals surface area (Å²) in [5.74, 6) is 0.207. The van der Waals surface area contributed by atoms with Crippen LogP contribution in [0.15, 0.2) is 12.3 Å². The molecule has 78 valence electrons. The summed E-state index contributed by atoms with van der Waals surface area (Å²) in [6, 6.07) is 1.86. The number of aliphatic hydroxyl groups excluding tert-OH is 1. The summed E-state index contributed by atoms with van der Waals surface area (Å²) in [4.78, 5) is 0. The highest BCUT2D eigenvalue weighted by Crippen LogP contribution is 2.27. The van der Waals surface area contributed by atoms with Gasteiger partial charge < -0.3 is 9.84 Å². The summed E-state index contributed by atoms with van der Waals surface area (Å²) in [6.45, 7) is 1.48. The fourth-order valence-corrected chi connectivity index (χ4v) is 1.85. The Balaban J connectivity index is 2.03. The van der Waals surface area contributed by atoms with Crippen LogP contribution in [0, 0.1) is 5.92 Å². The molecule has 1 aliphatic heterocycles. The number of aliphatic hydroxyl groups is 1. The van der Waals surface area contributed by atoms with Crippen LogP contribution < -0.4 is 0 Å². The first-order valence-corrected chi connectivity index (χ1v) is 5.03. The molecule has 2 rings (SSSR count). The number of hydrogen-bond acceptors (Lipinski definition) is 3. The molecular formula is C10H16N2O2. The van der Waals surface area contributed by atoms with E-state index in [4.69, 9.17) is 4.74 Å². The molecule has 2 atom stereocenters. The van der Waals surface area contributed by atoms with Crippen molar-refractivity contribution >= 4 is 0 Å². The van der Waals surface area contributed by atoms with Crippen LogP contribution in [0.2, 0.25) is 0 Å². The molecular weight excluding hydrogens is 180 g/mol. The number of ether oxygens (including phenoxy) is 1. The van der Waals surface area contributed by atoms with Gasteiger partial charge in [0.2, 0.25) is 0 Å². The van der Waals surface area contributed by atoms with Gasteiger partial charge in [-0.1, -0.05) is 0 Å². The van der Waals surface area contributed by atoms with Crippen LogP contribution in [0.3, 0.4) is 0 Å². The van der Waals surface area contributed by atoms with Crippen LogP contribution in [0.25, 0.3) is 0 Å². The second-order valence-corrected chi connectivity index (χ2v) is 3.84. The van der Waals surface area contributed by atoms with E-state index in [2.05, 4.69) is 5.10 Å². The molecule has 2 unspecified atom stereocenters. The third kappa shape index (κ3) is 1.96. The molecule has 1 saturated heterocycles. The molecule has 0 spiro atoms. The quantitative estimate of drug-likeness (QED) is 0.763. The Morgan fingerprint density at radius 1 is 1.71 bits per heavy atom. The number of aromatic nitrogens is 2. The van der Waals surface area contributed by atoms with Crippen LogP contribution in [0.1, 0.15) is 24.6 Å². The van der Waals surface area contributed by atoms with Crippen molar-refractivity contribution in [2.24, 2.45) is 13.0 Å². The summed E-state index contributed by atoms with van der Waals surface area (Å²) < 4.78 is 7.05. The van der Waals surface area contributed by atoms with Crippen molar-refractivity contribution < 1.29 is 9.84 Å². The van der Waals surface area contributed by atoms with Gasteiger partial charge in [-0.05, 0) is 18.9 Å². The third-order valence-corrected chi connectivity index (χ3v) is 2.68. The largest absolute Gasteiger partial charge is 0.386 e. The van der Waals surface area contributed by atoms with Gasteiger partial charge in [-0.25, -0.2) is 0 Å². The molecule has 1 aliphatic rings. The summed E-state index contributed by atoms with van der Waals surface area (Å²) in [5.41, 5.74) is 0.753. The Bertz CT molecular complexity index is 292. The van der Waals surface area contributed by atoms with E-state index in [0.717, 1.165) is 25.1 Å². The molecule has 2 heterocycles. The lowest BCUT2D eigenvalue weighted by Gasteiger charge is -2.25. The van der Waals surface area contributed by atoms with Gasteiger partial charge in [0, 0.05) is 25.8 Å². The highest BCUT2D eigenvalue weighted by Gasteiger charge is 2.25. The van der Waals surface area contributed by atoms with Gasteiger partial charge in [0.15, 0.2) is 0 Å². The van der Waals surface area contributed by atoms with Gasteiger partial charge in [0.25, 0.3) is 0 Å². The van der Waals surface area contributed by atoms with E-state index in [1.165, 1.54) is 0 Å². The van der Waals surface area contributed by atoms with Crippen molar-refractivity contribution in [3.05, 3.63) is 18.0 Å². The predicted molar refractivity (Wildman–Crippen MR) is 51.7 cm³/mol. The molecule has 4 nitrogen and oxygen atoms in total. The van der Waals surface area contributed by atoms with Gasteiger partial charge in [0.1, 0.15) is 6.10 Å². The Labute approximate surface area is 83.5 Å². The highest BCUT2D eigenvalue weighted by molar-refractivity contribution is 5.04. The molecule has 4 heteroatoms. The monoisotopic (exact) mass is 196 g/mol. The maximum absolute atomic E-state index is 10.0. The minimum absolute atomic E-state index is 0.207.